The Morgan fingerprint density at radius 3 is 2.43 bits per heavy atom. The highest BCUT2D eigenvalue weighted by molar-refractivity contribution is 6.43. The fraction of sp³-hybridized carbons (Fsp3) is 0.200. The summed E-state index contributed by atoms with van der Waals surface area (Å²) in [6.45, 7) is 3.82. The number of nitrogens with one attached hydrogen (secondary N) is 2. The Morgan fingerprint density at radius 1 is 1.00 bits per heavy atom. The Bertz CT molecular complexity index is 1040. The average Bonchev–Trinajstić information content (AvgIpc) is 2.63. The van der Waals surface area contributed by atoms with Crippen LogP contribution in [0.5, 0.6) is 5.75 Å². The fourth-order valence-electron chi connectivity index (χ4n) is 2.57. The van der Waals surface area contributed by atoms with Gasteiger partial charge in [0.05, 0.1) is 21.4 Å². The molecule has 0 aliphatic heterocycles. The lowest BCUT2D eigenvalue weighted by atomic mass is 10.1. The van der Waals surface area contributed by atoms with Crippen LogP contribution in [0.15, 0.2) is 48.5 Å². The van der Waals surface area contributed by atoms with E-state index in [0.717, 1.165) is 0 Å². The quantitative estimate of drug-likeness (QED) is 0.421. The van der Waals surface area contributed by atoms with Gasteiger partial charge < -0.3 is 15.4 Å². The molecule has 0 saturated carbocycles. The second-order valence-corrected chi connectivity index (χ2v) is 7.35. The van der Waals surface area contributed by atoms with E-state index in [-0.39, 0.29) is 11.8 Å². The highest BCUT2D eigenvalue weighted by Gasteiger charge is 2.31. The van der Waals surface area contributed by atoms with E-state index in [2.05, 4.69) is 25.3 Å². The second-order valence-electron chi connectivity index (χ2n) is 6.56. The maximum absolute atomic E-state index is 12.6. The molecule has 3 aromatic rings. The summed E-state index contributed by atoms with van der Waals surface area (Å²) in [6.07, 6.45) is -4.79. The standard InChI is InChI=1S/C20H17Cl2F3N4O/c1-11(2)26-19-28-16(12-5-3-6-13(9-12)30-20(23,24)25)10-17(29-19)27-15-8-4-7-14(21)18(15)22/h3-11H,1-2H3,(H2,26,27,28,29). The number of aromatic nitrogens is 2. The maximum Gasteiger partial charge on any atom is 0.573 e. The molecule has 0 aliphatic rings. The van der Waals surface area contributed by atoms with Crippen molar-refractivity contribution >= 4 is 40.7 Å². The van der Waals surface area contributed by atoms with E-state index in [4.69, 9.17) is 23.2 Å². The van der Waals surface area contributed by atoms with Gasteiger partial charge >= 0.3 is 6.36 Å². The molecule has 1 aromatic heterocycles. The van der Waals surface area contributed by atoms with Gasteiger partial charge in [-0.15, -0.1) is 13.2 Å². The third-order valence-electron chi connectivity index (χ3n) is 3.72. The van der Waals surface area contributed by atoms with Crippen LogP contribution in [0.1, 0.15) is 13.8 Å². The summed E-state index contributed by atoms with van der Waals surface area (Å²) in [6, 6.07) is 12.3. The molecule has 2 N–H and O–H groups in total. The minimum atomic E-state index is -4.79. The molecule has 10 heteroatoms. The number of hydrogen-bond acceptors (Lipinski definition) is 5. The summed E-state index contributed by atoms with van der Waals surface area (Å²) in [5.41, 5.74) is 1.34. The number of ether oxygens (including phenoxy) is 1. The zero-order valence-corrected chi connectivity index (χ0v) is 17.4. The van der Waals surface area contributed by atoms with Gasteiger partial charge in [-0.3, -0.25) is 0 Å². The molecule has 2 aromatic carbocycles. The summed E-state index contributed by atoms with van der Waals surface area (Å²) < 4.78 is 41.7. The van der Waals surface area contributed by atoms with Gasteiger partial charge in [-0.2, -0.15) is 4.98 Å². The molecule has 0 amide bonds. The van der Waals surface area contributed by atoms with Crippen molar-refractivity contribution in [2.45, 2.75) is 26.3 Å². The number of anilines is 3. The van der Waals surface area contributed by atoms with E-state index in [1.165, 1.54) is 18.2 Å². The number of alkyl halides is 3. The Balaban J connectivity index is 2.01. The Labute approximate surface area is 181 Å². The third kappa shape index (κ3) is 5.90. The Morgan fingerprint density at radius 2 is 1.73 bits per heavy atom. The second kappa shape index (κ2) is 8.97. The smallest absolute Gasteiger partial charge is 0.406 e. The molecule has 0 bridgehead atoms. The molecular weight excluding hydrogens is 440 g/mol. The highest BCUT2D eigenvalue weighted by Crippen LogP contribution is 2.33. The van der Waals surface area contributed by atoms with Gasteiger partial charge in [0, 0.05) is 17.7 Å². The third-order valence-corrected chi connectivity index (χ3v) is 4.54. The van der Waals surface area contributed by atoms with Crippen LogP contribution < -0.4 is 15.4 Å². The minimum absolute atomic E-state index is 0.0303. The SMILES string of the molecule is CC(C)Nc1nc(Nc2cccc(Cl)c2Cl)cc(-c2cccc(OC(F)(F)F)c2)n1. The largest absolute Gasteiger partial charge is 0.573 e. The topological polar surface area (TPSA) is 59.1 Å². The van der Waals surface area contributed by atoms with Crippen LogP contribution in [0.4, 0.5) is 30.6 Å². The van der Waals surface area contributed by atoms with Crippen LogP contribution in [-0.4, -0.2) is 22.4 Å². The number of benzene rings is 2. The van der Waals surface area contributed by atoms with E-state index in [0.29, 0.717) is 38.8 Å². The van der Waals surface area contributed by atoms with Gasteiger partial charge in [0.15, 0.2) is 0 Å². The molecule has 0 fully saturated rings. The summed E-state index contributed by atoms with van der Waals surface area (Å²) in [7, 11) is 0. The first-order valence-corrected chi connectivity index (χ1v) is 9.59. The first-order valence-electron chi connectivity index (χ1n) is 8.83. The van der Waals surface area contributed by atoms with Crippen molar-refractivity contribution in [2.24, 2.45) is 0 Å². The van der Waals surface area contributed by atoms with Gasteiger partial charge in [-0.25, -0.2) is 4.98 Å². The summed E-state index contributed by atoms with van der Waals surface area (Å²) >= 11 is 12.3. The van der Waals surface area contributed by atoms with Gasteiger partial charge in [0.25, 0.3) is 0 Å². The number of hydrogen-bond donors (Lipinski definition) is 2. The first kappa shape index (κ1) is 22.0. The first-order chi connectivity index (χ1) is 14.1. The molecule has 0 unspecified atom stereocenters. The molecule has 0 atom stereocenters. The van der Waals surface area contributed by atoms with Crippen LogP contribution in [0.25, 0.3) is 11.3 Å². The van der Waals surface area contributed by atoms with Crippen molar-refractivity contribution in [3.63, 3.8) is 0 Å². The lowest BCUT2D eigenvalue weighted by molar-refractivity contribution is -0.274. The highest BCUT2D eigenvalue weighted by atomic mass is 35.5. The van der Waals surface area contributed by atoms with Crippen LogP contribution in [0.3, 0.4) is 0 Å². The number of halogens is 5. The van der Waals surface area contributed by atoms with Crippen LogP contribution >= 0.6 is 23.2 Å². The predicted octanol–water partition coefficient (Wildman–Crippen LogP) is 6.91. The molecule has 0 spiro atoms. The molecule has 0 saturated heterocycles. The van der Waals surface area contributed by atoms with Gasteiger partial charge in [-0.05, 0) is 38.1 Å². The van der Waals surface area contributed by atoms with Gasteiger partial charge in [-0.1, -0.05) is 41.4 Å². The van der Waals surface area contributed by atoms with Crippen molar-refractivity contribution < 1.29 is 17.9 Å². The lowest BCUT2D eigenvalue weighted by Crippen LogP contribution is -2.17. The van der Waals surface area contributed by atoms with Gasteiger partial charge in [0.1, 0.15) is 11.6 Å². The molecule has 1 heterocycles. The van der Waals surface area contributed by atoms with Crippen LogP contribution in [-0.2, 0) is 0 Å². The van der Waals surface area contributed by atoms with Crippen molar-refractivity contribution in [1.82, 2.24) is 9.97 Å². The zero-order chi connectivity index (χ0) is 21.9. The van der Waals surface area contributed by atoms with Crippen LogP contribution in [0.2, 0.25) is 10.0 Å². The molecular formula is C20H17Cl2F3N4O. The summed E-state index contributed by atoms with van der Waals surface area (Å²) in [4.78, 5) is 8.81. The van der Waals surface area contributed by atoms with Gasteiger partial charge in [0.2, 0.25) is 5.95 Å². The normalized spacial score (nSPS) is 11.5. The number of rotatable bonds is 6. The van der Waals surface area contributed by atoms with Crippen molar-refractivity contribution in [3.8, 4) is 17.0 Å². The summed E-state index contributed by atoms with van der Waals surface area (Å²) in [5.74, 6) is 0.337. The van der Waals surface area contributed by atoms with E-state index >= 15 is 0 Å². The van der Waals surface area contributed by atoms with E-state index < -0.39 is 6.36 Å². The van der Waals surface area contributed by atoms with Crippen molar-refractivity contribution in [2.75, 3.05) is 10.6 Å². The van der Waals surface area contributed by atoms with Crippen molar-refractivity contribution in [3.05, 3.63) is 58.6 Å². The Hall–Kier alpha value is -2.71. The molecule has 158 valence electrons. The molecule has 5 nitrogen and oxygen atoms in total. The lowest BCUT2D eigenvalue weighted by Gasteiger charge is -2.15. The zero-order valence-electron chi connectivity index (χ0n) is 15.9. The molecule has 3 rings (SSSR count). The number of nitrogens with zero attached hydrogens (tertiary/aromatic N) is 2. The minimum Gasteiger partial charge on any atom is -0.406 e. The average molecular weight is 457 g/mol. The molecule has 30 heavy (non-hydrogen) atoms. The predicted molar refractivity (Wildman–Crippen MR) is 113 cm³/mol. The van der Waals surface area contributed by atoms with Crippen LogP contribution in [0, 0.1) is 0 Å². The fourth-order valence-corrected chi connectivity index (χ4v) is 2.92. The molecule has 0 aliphatic carbocycles. The van der Waals surface area contributed by atoms with Crippen molar-refractivity contribution in [1.29, 1.82) is 0 Å². The Kier molecular flexibility index (Phi) is 6.58. The van der Waals surface area contributed by atoms with E-state index in [9.17, 15) is 13.2 Å². The van der Waals surface area contributed by atoms with E-state index in [1.54, 1.807) is 30.3 Å². The monoisotopic (exact) mass is 456 g/mol. The molecule has 0 radical (unpaired) electrons. The maximum atomic E-state index is 12.6. The van der Waals surface area contributed by atoms with E-state index in [1.807, 2.05) is 13.8 Å². The summed E-state index contributed by atoms with van der Waals surface area (Å²) in [5, 5.41) is 6.85.